The van der Waals surface area contributed by atoms with Gasteiger partial charge in [0.2, 0.25) is 0 Å². The summed E-state index contributed by atoms with van der Waals surface area (Å²) in [6, 6.07) is -1.22. The summed E-state index contributed by atoms with van der Waals surface area (Å²) in [4.78, 5) is 11.1. The lowest BCUT2D eigenvalue weighted by molar-refractivity contribution is -0.140. The van der Waals surface area contributed by atoms with Gasteiger partial charge in [-0.1, -0.05) is 6.92 Å². The van der Waals surface area contributed by atoms with Crippen LogP contribution in [-0.2, 0) is 11.2 Å². The van der Waals surface area contributed by atoms with Crippen molar-refractivity contribution in [1.82, 2.24) is 5.32 Å². The number of aliphatic carboxylic acids is 1. The Balaban J connectivity index is 2.62. The third-order valence-corrected chi connectivity index (χ3v) is 3.19. The highest BCUT2D eigenvalue weighted by Crippen LogP contribution is 2.32. The fourth-order valence-electron chi connectivity index (χ4n) is 2.24. The molecule has 0 fully saturated rings. The van der Waals surface area contributed by atoms with Crippen molar-refractivity contribution in [2.45, 2.75) is 31.8 Å². The Bertz CT molecular complexity index is 505. The largest absolute Gasteiger partial charge is 0.480 e. The lowest BCUT2D eigenvalue weighted by Gasteiger charge is -2.31. The number of carbonyl (C=O) groups is 1. The molecular weight excluding hydrogens is 247 g/mol. The molecule has 1 aliphatic rings. The molecule has 0 saturated carbocycles. The molecule has 1 aromatic rings. The van der Waals surface area contributed by atoms with E-state index in [1.165, 1.54) is 0 Å². The zero-order chi connectivity index (χ0) is 13.4. The molecule has 2 N–H and O–H groups in total. The highest BCUT2D eigenvalue weighted by atomic mass is 19.2. The van der Waals surface area contributed by atoms with E-state index in [1.54, 1.807) is 6.92 Å². The first-order valence-electron chi connectivity index (χ1n) is 5.60. The molecule has 0 saturated heterocycles. The van der Waals surface area contributed by atoms with Crippen LogP contribution in [0.5, 0.6) is 0 Å². The number of benzene rings is 1. The SMILES string of the molecule is CCC1Cc2c(F)cc(F)c(F)c2C(C(=O)O)N1. The maximum Gasteiger partial charge on any atom is 0.325 e. The first-order chi connectivity index (χ1) is 8.45. The van der Waals surface area contributed by atoms with Crippen LogP contribution in [0.1, 0.15) is 30.5 Å². The molecule has 0 amide bonds. The number of carboxylic acid groups (broad SMARTS) is 1. The second kappa shape index (κ2) is 4.61. The summed E-state index contributed by atoms with van der Waals surface area (Å²) < 4.78 is 40.4. The van der Waals surface area contributed by atoms with Crippen molar-refractivity contribution in [2.75, 3.05) is 0 Å². The Morgan fingerprint density at radius 2 is 2.11 bits per heavy atom. The third kappa shape index (κ3) is 1.96. The van der Waals surface area contributed by atoms with E-state index in [-0.39, 0.29) is 18.0 Å². The van der Waals surface area contributed by atoms with E-state index in [4.69, 9.17) is 5.11 Å². The lowest BCUT2D eigenvalue weighted by Crippen LogP contribution is -2.43. The molecule has 1 aromatic carbocycles. The minimum absolute atomic E-state index is 0.0492. The minimum Gasteiger partial charge on any atom is -0.480 e. The molecule has 98 valence electrons. The second-order valence-corrected chi connectivity index (χ2v) is 4.29. The van der Waals surface area contributed by atoms with Crippen molar-refractivity contribution in [3.05, 3.63) is 34.6 Å². The smallest absolute Gasteiger partial charge is 0.325 e. The molecule has 1 aliphatic heterocycles. The Morgan fingerprint density at radius 3 is 2.67 bits per heavy atom. The van der Waals surface area contributed by atoms with Gasteiger partial charge >= 0.3 is 5.97 Å². The zero-order valence-electron chi connectivity index (χ0n) is 9.64. The quantitative estimate of drug-likeness (QED) is 0.800. The van der Waals surface area contributed by atoms with Gasteiger partial charge in [0.15, 0.2) is 11.6 Å². The molecule has 3 nitrogen and oxygen atoms in total. The van der Waals surface area contributed by atoms with E-state index in [0.29, 0.717) is 12.5 Å². The zero-order valence-corrected chi connectivity index (χ0v) is 9.64. The number of hydrogen-bond donors (Lipinski definition) is 2. The molecule has 2 rings (SSSR count). The van der Waals surface area contributed by atoms with Crippen molar-refractivity contribution in [1.29, 1.82) is 0 Å². The van der Waals surface area contributed by atoms with E-state index in [9.17, 15) is 18.0 Å². The number of nitrogens with one attached hydrogen (secondary N) is 1. The topological polar surface area (TPSA) is 49.3 Å². The van der Waals surface area contributed by atoms with Crippen molar-refractivity contribution in [2.24, 2.45) is 0 Å². The summed E-state index contributed by atoms with van der Waals surface area (Å²) in [5, 5.41) is 11.7. The Morgan fingerprint density at radius 1 is 1.44 bits per heavy atom. The molecular formula is C12H12F3NO2. The van der Waals surface area contributed by atoms with Gasteiger partial charge in [-0.2, -0.15) is 0 Å². The second-order valence-electron chi connectivity index (χ2n) is 4.29. The maximum atomic E-state index is 13.7. The fraction of sp³-hybridized carbons (Fsp3) is 0.417. The van der Waals surface area contributed by atoms with Crippen LogP contribution in [-0.4, -0.2) is 17.1 Å². The Kier molecular flexibility index (Phi) is 3.30. The molecule has 0 radical (unpaired) electrons. The van der Waals surface area contributed by atoms with E-state index >= 15 is 0 Å². The molecule has 1 heterocycles. The summed E-state index contributed by atoms with van der Waals surface area (Å²) in [6.45, 7) is 1.80. The highest BCUT2D eigenvalue weighted by molar-refractivity contribution is 5.77. The van der Waals surface area contributed by atoms with E-state index in [0.717, 1.165) is 0 Å². The maximum absolute atomic E-state index is 13.7. The van der Waals surface area contributed by atoms with Crippen LogP contribution in [0.25, 0.3) is 0 Å². The Labute approximate surface area is 102 Å². The van der Waals surface area contributed by atoms with E-state index < -0.39 is 35.0 Å². The van der Waals surface area contributed by atoms with Crippen LogP contribution < -0.4 is 5.32 Å². The average Bonchev–Trinajstić information content (AvgIpc) is 2.34. The molecule has 0 bridgehead atoms. The van der Waals surface area contributed by atoms with Gasteiger partial charge in [0, 0.05) is 17.7 Å². The standard InChI is InChI=1S/C12H12F3NO2/c1-2-5-3-6-7(13)4-8(14)10(15)9(6)11(16-5)12(17)18/h4-5,11,16H,2-3H2,1H3,(H,17,18). The number of halogens is 3. The number of rotatable bonds is 2. The van der Waals surface area contributed by atoms with Crippen LogP contribution >= 0.6 is 0 Å². The number of fused-ring (bicyclic) bond motifs is 1. The lowest BCUT2D eigenvalue weighted by atomic mass is 9.88. The van der Waals surface area contributed by atoms with Crippen LogP contribution in [0, 0.1) is 17.5 Å². The van der Waals surface area contributed by atoms with Crippen LogP contribution in [0.2, 0.25) is 0 Å². The van der Waals surface area contributed by atoms with Crippen LogP contribution in [0.15, 0.2) is 6.07 Å². The van der Waals surface area contributed by atoms with Crippen molar-refractivity contribution >= 4 is 5.97 Å². The molecule has 6 heteroatoms. The summed E-state index contributed by atoms with van der Waals surface area (Å²) in [5.74, 6) is -4.90. The first kappa shape index (κ1) is 12.9. The predicted octanol–water partition coefficient (Wildman–Crippen LogP) is 2.15. The van der Waals surface area contributed by atoms with Crippen molar-refractivity contribution in [3.8, 4) is 0 Å². The van der Waals surface area contributed by atoms with Crippen LogP contribution in [0.3, 0.4) is 0 Å². The van der Waals surface area contributed by atoms with Gasteiger partial charge in [-0.3, -0.25) is 10.1 Å². The van der Waals surface area contributed by atoms with Gasteiger partial charge in [-0.05, 0) is 18.4 Å². The van der Waals surface area contributed by atoms with Gasteiger partial charge in [0.05, 0.1) is 0 Å². The van der Waals surface area contributed by atoms with Gasteiger partial charge in [-0.25, -0.2) is 13.2 Å². The summed E-state index contributed by atoms with van der Waals surface area (Å²) in [6.07, 6.45) is 0.723. The highest BCUT2D eigenvalue weighted by Gasteiger charge is 2.35. The number of carboxylic acids is 1. The average molecular weight is 259 g/mol. The minimum atomic E-state index is -1.41. The first-order valence-corrected chi connectivity index (χ1v) is 5.60. The molecule has 0 spiro atoms. The van der Waals surface area contributed by atoms with Gasteiger partial charge in [-0.15, -0.1) is 0 Å². The predicted molar refractivity (Wildman–Crippen MR) is 57.6 cm³/mol. The van der Waals surface area contributed by atoms with E-state index in [2.05, 4.69) is 5.32 Å². The van der Waals surface area contributed by atoms with Crippen LogP contribution in [0.4, 0.5) is 13.2 Å². The molecule has 0 aromatic heterocycles. The fourth-order valence-corrected chi connectivity index (χ4v) is 2.24. The summed E-state index contributed by atoms with van der Waals surface area (Å²) in [5.41, 5.74) is -0.475. The van der Waals surface area contributed by atoms with Gasteiger partial charge in [0.1, 0.15) is 11.9 Å². The van der Waals surface area contributed by atoms with Gasteiger partial charge < -0.3 is 5.11 Å². The monoisotopic (exact) mass is 259 g/mol. The molecule has 0 aliphatic carbocycles. The summed E-state index contributed by atoms with van der Waals surface area (Å²) in [7, 11) is 0. The molecule has 18 heavy (non-hydrogen) atoms. The number of hydrogen-bond acceptors (Lipinski definition) is 2. The molecule has 2 unspecified atom stereocenters. The van der Waals surface area contributed by atoms with Crippen molar-refractivity contribution < 1.29 is 23.1 Å². The van der Waals surface area contributed by atoms with Crippen molar-refractivity contribution in [3.63, 3.8) is 0 Å². The van der Waals surface area contributed by atoms with Gasteiger partial charge in [0.25, 0.3) is 0 Å². The molecule has 2 atom stereocenters. The third-order valence-electron chi connectivity index (χ3n) is 3.19. The normalized spacial score (nSPS) is 22.7. The Hall–Kier alpha value is -1.56. The van der Waals surface area contributed by atoms with E-state index in [1.807, 2.05) is 0 Å². The summed E-state index contributed by atoms with van der Waals surface area (Å²) >= 11 is 0.